The number of cyclic esters (lactones) is 1. The van der Waals surface area contributed by atoms with Crippen LogP contribution in [0.25, 0.3) is 0 Å². The SMILES string of the molecule is CCCCCCCCC1(c2ccc(Cl)c(Cl)c2)OC(=O)N(Cc2cc(C(F)(F)F)cc(C(F)(F)F)c2)C1(Cl)CC. The Morgan fingerprint density at radius 3 is 1.93 bits per heavy atom. The van der Waals surface area contributed by atoms with Crippen molar-refractivity contribution in [2.75, 3.05) is 0 Å². The number of hydrogen-bond acceptors (Lipinski definition) is 2. The molecule has 2 aromatic rings. The summed E-state index contributed by atoms with van der Waals surface area (Å²) in [5.74, 6) is 0. The summed E-state index contributed by atoms with van der Waals surface area (Å²) in [5.41, 5.74) is -4.41. The largest absolute Gasteiger partial charge is 0.434 e. The number of halogens is 9. The molecule has 222 valence electrons. The van der Waals surface area contributed by atoms with E-state index in [2.05, 4.69) is 6.92 Å². The van der Waals surface area contributed by atoms with Gasteiger partial charge < -0.3 is 4.74 Å². The van der Waals surface area contributed by atoms with Gasteiger partial charge in [0.2, 0.25) is 0 Å². The van der Waals surface area contributed by atoms with Crippen molar-refractivity contribution in [1.82, 2.24) is 4.90 Å². The first-order valence-electron chi connectivity index (χ1n) is 13.0. The summed E-state index contributed by atoms with van der Waals surface area (Å²) in [6.07, 6.45) is -5.20. The summed E-state index contributed by atoms with van der Waals surface area (Å²) in [6.45, 7) is 3.13. The Labute approximate surface area is 244 Å². The van der Waals surface area contributed by atoms with E-state index in [-0.39, 0.29) is 34.5 Å². The van der Waals surface area contributed by atoms with Gasteiger partial charge in [-0.05, 0) is 55.2 Å². The first-order chi connectivity index (χ1) is 18.6. The highest BCUT2D eigenvalue weighted by atomic mass is 35.5. The highest BCUT2D eigenvalue weighted by Gasteiger charge is 2.64. The fourth-order valence-electron chi connectivity index (χ4n) is 5.17. The van der Waals surface area contributed by atoms with Crippen LogP contribution < -0.4 is 0 Å². The fraction of sp³-hybridized carbons (Fsp3) is 0.536. The quantitative estimate of drug-likeness (QED) is 0.107. The van der Waals surface area contributed by atoms with Crippen LogP contribution in [0, 0.1) is 0 Å². The molecule has 0 aliphatic carbocycles. The zero-order chi connectivity index (χ0) is 29.9. The molecule has 2 atom stereocenters. The van der Waals surface area contributed by atoms with Gasteiger partial charge in [-0.1, -0.05) is 86.8 Å². The third-order valence-electron chi connectivity index (χ3n) is 7.25. The zero-order valence-corrected chi connectivity index (χ0v) is 24.3. The fourth-order valence-corrected chi connectivity index (χ4v) is 5.84. The first-order valence-corrected chi connectivity index (χ1v) is 14.2. The Hall–Kier alpha value is -1.84. The second-order valence-electron chi connectivity index (χ2n) is 9.95. The van der Waals surface area contributed by atoms with Gasteiger partial charge in [0.1, 0.15) is 0 Å². The predicted octanol–water partition coefficient (Wildman–Crippen LogP) is 11.0. The molecule has 0 bridgehead atoms. The van der Waals surface area contributed by atoms with Crippen molar-refractivity contribution in [2.24, 2.45) is 0 Å². The van der Waals surface area contributed by atoms with E-state index in [1.54, 1.807) is 13.0 Å². The Morgan fingerprint density at radius 1 is 0.825 bits per heavy atom. The lowest BCUT2D eigenvalue weighted by molar-refractivity contribution is -0.143. The number of carbonyl (C=O) groups is 1. The number of nitrogens with zero attached hydrogens (tertiary/aromatic N) is 1. The number of rotatable bonds is 11. The van der Waals surface area contributed by atoms with Crippen LogP contribution in [0.4, 0.5) is 31.1 Å². The van der Waals surface area contributed by atoms with Gasteiger partial charge in [0.15, 0.2) is 10.6 Å². The normalized spacial score (nSPS) is 21.7. The van der Waals surface area contributed by atoms with Crippen molar-refractivity contribution in [2.45, 2.75) is 94.7 Å². The Bertz CT molecular complexity index is 1170. The summed E-state index contributed by atoms with van der Waals surface area (Å²) in [4.78, 5) is 12.7. The minimum atomic E-state index is -5.04. The molecule has 0 saturated carbocycles. The molecular formula is C28H30Cl3F6NO2. The molecule has 3 nitrogen and oxygen atoms in total. The van der Waals surface area contributed by atoms with E-state index in [1.807, 2.05) is 0 Å². The summed E-state index contributed by atoms with van der Waals surface area (Å²) in [6, 6.07) is 5.87. The lowest BCUT2D eigenvalue weighted by Gasteiger charge is -2.42. The van der Waals surface area contributed by atoms with E-state index >= 15 is 0 Å². The first kappa shape index (κ1) is 32.7. The molecule has 0 spiro atoms. The van der Waals surface area contributed by atoms with Gasteiger partial charge >= 0.3 is 18.4 Å². The molecule has 2 unspecified atom stereocenters. The third-order valence-corrected chi connectivity index (χ3v) is 8.77. The summed E-state index contributed by atoms with van der Waals surface area (Å²) in [7, 11) is 0. The number of carbonyl (C=O) groups excluding carboxylic acids is 1. The maximum absolute atomic E-state index is 13.5. The van der Waals surface area contributed by atoms with Gasteiger partial charge in [-0.2, -0.15) is 26.3 Å². The molecule has 1 fully saturated rings. The maximum atomic E-state index is 13.5. The Balaban J connectivity index is 2.07. The monoisotopic (exact) mass is 631 g/mol. The Morgan fingerprint density at radius 2 is 1.40 bits per heavy atom. The molecular weight excluding hydrogens is 603 g/mol. The molecule has 0 radical (unpaired) electrons. The van der Waals surface area contributed by atoms with Crippen LogP contribution in [0.15, 0.2) is 36.4 Å². The average Bonchev–Trinajstić information content (AvgIpc) is 3.09. The number of alkyl halides is 7. The van der Waals surface area contributed by atoms with Gasteiger partial charge in [0.25, 0.3) is 0 Å². The van der Waals surface area contributed by atoms with Crippen LogP contribution in [-0.2, 0) is 29.2 Å². The van der Waals surface area contributed by atoms with Crippen LogP contribution in [0.2, 0.25) is 10.0 Å². The molecule has 1 amide bonds. The van der Waals surface area contributed by atoms with E-state index in [1.165, 1.54) is 12.1 Å². The van der Waals surface area contributed by atoms with E-state index in [9.17, 15) is 31.1 Å². The van der Waals surface area contributed by atoms with Crippen LogP contribution in [0.5, 0.6) is 0 Å². The standard InChI is InChI=1S/C28H30Cl3F6NO2/c1-3-5-6-7-8-9-12-25(19-10-11-22(29)23(30)16-19)26(31,4-2)38(24(39)40-25)17-18-13-20(27(32,33)34)15-21(14-18)28(35,36)37/h10-11,13-16H,3-9,12,17H2,1-2H3. The number of hydrogen-bond donors (Lipinski definition) is 0. The lowest BCUT2D eigenvalue weighted by Crippen LogP contribution is -2.52. The van der Waals surface area contributed by atoms with Crippen molar-refractivity contribution in [3.8, 4) is 0 Å². The second kappa shape index (κ2) is 12.6. The summed E-state index contributed by atoms with van der Waals surface area (Å²) >= 11 is 19.6. The smallest absolute Gasteiger partial charge is 0.416 e. The van der Waals surface area contributed by atoms with E-state index in [0.29, 0.717) is 24.1 Å². The second-order valence-corrected chi connectivity index (χ2v) is 11.4. The Kier molecular flexibility index (Phi) is 10.3. The molecule has 0 aromatic heterocycles. The van der Waals surface area contributed by atoms with Crippen LogP contribution in [0.1, 0.15) is 87.5 Å². The van der Waals surface area contributed by atoms with Crippen molar-refractivity contribution in [3.63, 3.8) is 0 Å². The third kappa shape index (κ3) is 6.79. The molecule has 0 N–H and O–H groups in total. The van der Waals surface area contributed by atoms with Crippen LogP contribution in [0.3, 0.4) is 0 Å². The van der Waals surface area contributed by atoms with Crippen molar-refractivity contribution < 1.29 is 35.9 Å². The minimum Gasteiger partial charge on any atom is -0.434 e. The number of ether oxygens (including phenoxy) is 1. The number of unbranched alkanes of at least 4 members (excludes halogenated alkanes) is 5. The molecule has 1 aliphatic rings. The maximum Gasteiger partial charge on any atom is 0.416 e. The molecule has 12 heteroatoms. The van der Waals surface area contributed by atoms with Crippen molar-refractivity contribution in [3.05, 3.63) is 68.7 Å². The van der Waals surface area contributed by atoms with Gasteiger partial charge in [0, 0.05) is 5.56 Å². The molecule has 3 rings (SSSR count). The van der Waals surface area contributed by atoms with Crippen LogP contribution in [-0.4, -0.2) is 16.0 Å². The van der Waals surface area contributed by atoms with Crippen molar-refractivity contribution in [1.29, 1.82) is 0 Å². The zero-order valence-electron chi connectivity index (χ0n) is 22.0. The van der Waals surface area contributed by atoms with E-state index in [4.69, 9.17) is 39.5 Å². The average molecular weight is 633 g/mol. The van der Waals surface area contributed by atoms with E-state index < -0.39 is 46.7 Å². The van der Waals surface area contributed by atoms with Gasteiger partial charge in [0.05, 0.1) is 27.7 Å². The van der Waals surface area contributed by atoms with Crippen LogP contribution >= 0.6 is 34.8 Å². The highest BCUT2D eigenvalue weighted by Crippen LogP contribution is 2.55. The topological polar surface area (TPSA) is 29.5 Å². The van der Waals surface area contributed by atoms with Crippen molar-refractivity contribution >= 4 is 40.9 Å². The molecule has 1 aliphatic heterocycles. The number of benzene rings is 2. The van der Waals surface area contributed by atoms with Gasteiger partial charge in [-0.15, -0.1) is 0 Å². The predicted molar refractivity (Wildman–Crippen MR) is 143 cm³/mol. The summed E-state index contributed by atoms with van der Waals surface area (Å²) in [5, 5.41) is 0.431. The minimum absolute atomic E-state index is 0.0398. The summed E-state index contributed by atoms with van der Waals surface area (Å²) < 4.78 is 86.9. The molecule has 2 aromatic carbocycles. The molecule has 40 heavy (non-hydrogen) atoms. The van der Waals surface area contributed by atoms with E-state index in [0.717, 1.165) is 37.0 Å². The van der Waals surface area contributed by atoms with Gasteiger partial charge in [-0.3, -0.25) is 4.90 Å². The van der Waals surface area contributed by atoms with Gasteiger partial charge in [-0.25, -0.2) is 4.79 Å². The lowest BCUT2D eigenvalue weighted by atomic mass is 9.79. The molecule has 1 saturated heterocycles. The number of amides is 1. The molecule has 1 heterocycles. The highest BCUT2D eigenvalue weighted by molar-refractivity contribution is 6.42.